The maximum Gasteiger partial charge on any atom is 0.338 e. The van der Waals surface area contributed by atoms with Gasteiger partial charge in [-0.2, -0.15) is 15.3 Å². The van der Waals surface area contributed by atoms with E-state index in [2.05, 4.69) is 15.3 Å². The Labute approximate surface area is 565 Å². The number of benzene rings is 6. The van der Waals surface area contributed by atoms with Gasteiger partial charge in [-0.1, -0.05) is 118 Å². The molecule has 1 N–H and O–H groups in total. The molecule has 27 heteroatoms. The van der Waals surface area contributed by atoms with Crippen LogP contribution < -0.4 is 0 Å². The van der Waals surface area contributed by atoms with Gasteiger partial charge in [0.25, 0.3) is 0 Å². The summed E-state index contributed by atoms with van der Waals surface area (Å²) in [5, 5.41) is 23.8. The van der Waals surface area contributed by atoms with Gasteiger partial charge in [-0.25, -0.2) is 31.1 Å². The number of Topliss-reactive ketones (excluding diaryl/α,β-unsaturated/α-hetero) is 2. The van der Waals surface area contributed by atoms with Crippen molar-refractivity contribution < 1.29 is 45.8 Å². The second-order valence-corrected chi connectivity index (χ2v) is 26.2. The van der Waals surface area contributed by atoms with Crippen LogP contribution in [0.2, 0.25) is 25.4 Å². The van der Waals surface area contributed by atoms with Crippen molar-refractivity contribution in [2.45, 2.75) is 109 Å². The highest BCUT2D eigenvalue weighted by Gasteiger charge is 2.35. The quantitative estimate of drug-likeness (QED) is 0.0692. The Balaban J connectivity index is 0.000000143. The molecular weight excluding hydrogens is 1370 g/mol. The van der Waals surface area contributed by atoms with Gasteiger partial charge in [0, 0.05) is 85.6 Å². The van der Waals surface area contributed by atoms with Gasteiger partial charge in [-0.15, -0.1) is 0 Å². The van der Waals surface area contributed by atoms with Crippen molar-refractivity contribution in [2.24, 2.45) is 0 Å². The average Bonchev–Trinajstić information content (AvgIpc) is 1.59. The number of carboxylic acid groups (broad SMARTS) is 1. The molecule has 6 aromatic heterocycles. The molecule has 13 rings (SSSR count). The van der Waals surface area contributed by atoms with E-state index in [1.54, 1.807) is 81.3 Å². The smallest absolute Gasteiger partial charge is 0.338 e. The van der Waals surface area contributed by atoms with Crippen molar-refractivity contribution in [3.63, 3.8) is 0 Å². The van der Waals surface area contributed by atoms with E-state index in [1.165, 1.54) is 89.5 Å². The summed E-state index contributed by atoms with van der Waals surface area (Å²) in [5.41, 5.74) is 2.98. The number of halogens is 11. The first-order valence-electron chi connectivity index (χ1n) is 28.7. The Morgan fingerprint density at radius 2 is 0.839 bits per heavy atom. The van der Waals surface area contributed by atoms with Crippen molar-refractivity contribution in [3.8, 4) is 17.1 Å². The lowest BCUT2D eigenvalue weighted by molar-refractivity contribution is 0.0690. The first-order chi connectivity index (χ1) is 44.6. The standard InChI is InChI=1S/C24H20ClF2N3OS.C22H17Cl2F2N3OS.C20H13Cl2F2N3O2S/c1-3-29-12-15(11-28-29)30-22(14-7-8-14)24(17-9-10-18(25)21(27)23(17)30)32-19-6-4-5-16(13(2)31)20(19)26;1-3-9-28-11-13(10-27-28)29-20-15(7-8-16(23)19(20)26)21(22(29)24)31-17-6-4-5-14(12(2)30)18(17)25;1-2-26-9-10(8-25-26)27-17-12(6-7-13(21)16(17)24)18(19(27)22)30-14-5-3-4-11(15(14)23)20(28)29/h4-6,9-12,14H,3,7-8H2,1-2H3;4-8,10-11H,3,9H2,1-2H3;3-9H,2H2,1H3,(H,28,29). The van der Waals surface area contributed by atoms with Crippen LogP contribution in [-0.4, -0.2) is 65.7 Å². The zero-order valence-corrected chi connectivity index (χ0v) is 55.8. The third-order valence-corrected chi connectivity index (χ3v) is 20.4. The zero-order valence-electron chi connectivity index (χ0n) is 49.5. The fourth-order valence-corrected chi connectivity index (χ4v) is 15.0. The lowest BCUT2D eigenvalue weighted by Gasteiger charge is -2.11. The molecule has 12 aromatic rings. The number of carbonyl (C=O) groups excluding carboxylic acids is 2. The third kappa shape index (κ3) is 13.0. The zero-order chi connectivity index (χ0) is 66.4. The molecule has 0 saturated heterocycles. The predicted molar refractivity (Wildman–Crippen MR) is 354 cm³/mol. The van der Waals surface area contributed by atoms with Crippen LogP contribution in [0.1, 0.15) is 96.6 Å². The highest BCUT2D eigenvalue weighted by atomic mass is 35.5. The number of hydrogen-bond donors (Lipinski definition) is 1. The molecule has 6 heterocycles. The van der Waals surface area contributed by atoms with Crippen LogP contribution >= 0.6 is 93.3 Å². The maximum absolute atomic E-state index is 15.4. The topological polar surface area (TPSA) is 140 Å². The van der Waals surface area contributed by atoms with Crippen LogP contribution in [0.25, 0.3) is 49.8 Å². The molecule has 1 aliphatic rings. The number of carbonyl (C=O) groups is 3. The van der Waals surface area contributed by atoms with Gasteiger partial charge in [0.05, 0.1) is 93.8 Å². The minimum Gasteiger partial charge on any atom is -0.478 e. The number of ketones is 2. The van der Waals surface area contributed by atoms with Crippen LogP contribution in [0, 0.1) is 34.9 Å². The Bertz CT molecular complexity index is 4960. The molecule has 13 nitrogen and oxygen atoms in total. The molecule has 0 aliphatic heterocycles. The fourth-order valence-electron chi connectivity index (χ4n) is 10.5. The Kier molecular flexibility index (Phi) is 20.0. The summed E-state index contributed by atoms with van der Waals surface area (Å²) in [5.74, 6) is -5.76. The number of carboxylic acids is 1. The molecule has 0 radical (unpaired) electrons. The van der Waals surface area contributed by atoms with Crippen LogP contribution in [0.15, 0.2) is 158 Å². The van der Waals surface area contributed by atoms with Gasteiger partial charge >= 0.3 is 5.97 Å². The number of fused-ring (bicyclic) bond motifs is 3. The lowest BCUT2D eigenvalue weighted by atomic mass is 10.1. The van der Waals surface area contributed by atoms with E-state index in [1.807, 2.05) is 31.5 Å². The van der Waals surface area contributed by atoms with Crippen LogP contribution in [0.4, 0.5) is 26.3 Å². The summed E-state index contributed by atoms with van der Waals surface area (Å²) in [4.78, 5) is 37.0. The highest BCUT2D eigenvalue weighted by Crippen LogP contribution is 2.53. The van der Waals surface area contributed by atoms with Gasteiger partial charge in [0.2, 0.25) is 0 Å². The Hall–Kier alpha value is -7.54. The average molecular weight is 1420 g/mol. The van der Waals surface area contributed by atoms with Crippen LogP contribution in [0.5, 0.6) is 0 Å². The molecule has 1 saturated carbocycles. The summed E-state index contributed by atoms with van der Waals surface area (Å²) in [6.45, 7) is 10.6. The highest BCUT2D eigenvalue weighted by molar-refractivity contribution is 8.00. The van der Waals surface area contributed by atoms with E-state index in [4.69, 9.17) is 58.0 Å². The molecule has 0 bridgehead atoms. The second-order valence-electron chi connectivity index (χ2n) is 21.2. The molecule has 0 amide bonds. The molecule has 1 fully saturated rings. The molecule has 0 spiro atoms. The molecule has 478 valence electrons. The van der Waals surface area contributed by atoms with Gasteiger partial charge in [0.1, 0.15) is 21.9 Å². The summed E-state index contributed by atoms with van der Waals surface area (Å²) in [6, 6.07) is 22.8. The predicted octanol–water partition coefficient (Wildman–Crippen LogP) is 20.5. The fraction of sp³-hybridized carbons (Fsp3) is 0.182. The second kappa shape index (κ2) is 27.8. The lowest BCUT2D eigenvalue weighted by Crippen LogP contribution is -2.01. The Morgan fingerprint density at radius 1 is 0.484 bits per heavy atom. The van der Waals surface area contributed by atoms with Gasteiger partial charge < -0.3 is 9.67 Å². The van der Waals surface area contributed by atoms with Crippen molar-refractivity contribution in [2.75, 3.05) is 0 Å². The molecule has 0 unspecified atom stereocenters. The summed E-state index contributed by atoms with van der Waals surface area (Å²) < 4.78 is 100. The molecule has 93 heavy (non-hydrogen) atoms. The van der Waals surface area contributed by atoms with E-state index in [9.17, 15) is 28.3 Å². The largest absolute Gasteiger partial charge is 0.478 e. The summed E-state index contributed by atoms with van der Waals surface area (Å²) in [7, 11) is 0. The van der Waals surface area contributed by atoms with Crippen molar-refractivity contribution >= 4 is 144 Å². The van der Waals surface area contributed by atoms with E-state index < -0.39 is 46.4 Å². The number of hydrogen-bond acceptors (Lipinski definition) is 9. The molecule has 1 aliphatic carbocycles. The first kappa shape index (κ1) is 66.9. The first-order valence-corrected chi connectivity index (χ1v) is 33.0. The van der Waals surface area contributed by atoms with Crippen LogP contribution in [-0.2, 0) is 19.6 Å². The van der Waals surface area contributed by atoms with E-state index in [0.717, 1.165) is 59.1 Å². The van der Waals surface area contributed by atoms with Gasteiger partial charge in [-0.3, -0.25) is 32.8 Å². The van der Waals surface area contributed by atoms with Crippen molar-refractivity contribution in [3.05, 3.63) is 211 Å². The number of aromatic carboxylic acids is 1. The SMILES string of the molecule is CCCn1cc(-n2c(Cl)c(Sc3cccc(C(C)=O)c3F)c3ccc(Cl)c(F)c32)cn1.CCn1cc(-n2c(C3CC3)c(Sc3cccc(C(C)=O)c3F)c3ccc(Cl)c(F)c32)cn1.CCn1cc(-n2c(Cl)c(Sc3cccc(C(=O)O)c3F)c3ccc(Cl)c(F)c32)cn1. The Morgan fingerprint density at radius 3 is 1.22 bits per heavy atom. The van der Waals surface area contributed by atoms with Crippen molar-refractivity contribution in [1.82, 2.24) is 43.0 Å². The monoisotopic (exact) mass is 1420 g/mol. The van der Waals surface area contributed by atoms with Crippen LogP contribution in [0.3, 0.4) is 0 Å². The molecule has 6 aromatic carbocycles. The minimum atomic E-state index is -1.38. The van der Waals surface area contributed by atoms with E-state index >= 15 is 17.6 Å². The molecule has 0 atom stereocenters. The number of aromatic nitrogens is 9. The maximum atomic E-state index is 15.4. The minimum absolute atomic E-state index is 0.0140. The van der Waals surface area contributed by atoms with E-state index in [0.29, 0.717) is 67.4 Å². The third-order valence-electron chi connectivity index (χ3n) is 15.1. The summed E-state index contributed by atoms with van der Waals surface area (Å²) >= 11 is 34.7. The van der Waals surface area contributed by atoms with E-state index in [-0.39, 0.29) is 74.8 Å². The van der Waals surface area contributed by atoms with Crippen molar-refractivity contribution in [1.29, 1.82) is 0 Å². The van der Waals surface area contributed by atoms with Gasteiger partial charge in [0.15, 0.2) is 34.8 Å². The molecular formula is C66H50Cl5F6N9O4S3. The van der Waals surface area contributed by atoms with Gasteiger partial charge in [-0.05, 0) is 120 Å². The number of nitrogens with zero attached hydrogens (tertiary/aromatic N) is 9. The normalized spacial score (nSPS) is 12.2. The number of rotatable bonds is 17. The summed E-state index contributed by atoms with van der Waals surface area (Å²) in [6.07, 6.45) is 13.0. The number of aryl methyl sites for hydroxylation is 3.